The molecule has 2 atom stereocenters. The number of piperazine rings is 1. The van der Waals surface area contributed by atoms with Gasteiger partial charge in [0, 0.05) is 30.2 Å². The molecule has 3 heterocycles. The molecular weight excluding hydrogens is 332 g/mol. The fraction of sp³-hybridized carbons (Fsp3) is 0.667. The number of hydrogen-bond donors (Lipinski definition) is 0. The van der Waals surface area contributed by atoms with Crippen molar-refractivity contribution in [2.24, 2.45) is 5.11 Å². The number of anilines is 1. The maximum atomic E-state index is 12.4. The minimum atomic E-state index is -0.468. The number of nitrogens with zero attached hydrogens (tertiary/aromatic N) is 6. The van der Waals surface area contributed by atoms with Crippen LogP contribution in [0.15, 0.2) is 23.3 Å². The Kier molecular flexibility index (Phi) is 5.23. The third-order valence-electron chi connectivity index (χ3n) is 4.71. The number of pyridine rings is 1. The highest BCUT2D eigenvalue weighted by atomic mass is 16.6. The number of ether oxygens (including phenoxy) is 1. The molecule has 2 fully saturated rings. The van der Waals surface area contributed by atoms with Gasteiger partial charge in [0.15, 0.2) is 0 Å². The van der Waals surface area contributed by atoms with Gasteiger partial charge in [0.05, 0.1) is 12.1 Å². The van der Waals surface area contributed by atoms with Crippen LogP contribution in [0.25, 0.3) is 10.4 Å². The van der Waals surface area contributed by atoms with Gasteiger partial charge in [0.1, 0.15) is 11.4 Å². The van der Waals surface area contributed by atoms with Gasteiger partial charge in [-0.25, -0.2) is 9.78 Å². The van der Waals surface area contributed by atoms with Crippen molar-refractivity contribution in [1.82, 2.24) is 9.88 Å². The van der Waals surface area contributed by atoms with E-state index in [1.165, 1.54) is 0 Å². The van der Waals surface area contributed by atoms with Crippen LogP contribution in [0.4, 0.5) is 10.6 Å². The van der Waals surface area contributed by atoms with E-state index in [1.807, 2.05) is 43.9 Å². The Morgan fingerprint density at radius 2 is 2.19 bits per heavy atom. The van der Waals surface area contributed by atoms with Crippen LogP contribution in [-0.4, -0.2) is 53.3 Å². The summed E-state index contributed by atoms with van der Waals surface area (Å²) in [6, 6.07) is 6.52. The second-order valence-electron chi connectivity index (χ2n) is 7.87. The first kappa shape index (κ1) is 18.3. The number of rotatable bonds is 5. The normalized spacial score (nSPS) is 21.7. The van der Waals surface area contributed by atoms with Crippen molar-refractivity contribution >= 4 is 11.9 Å². The highest BCUT2D eigenvalue weighted by molar-refractivity contribution is 5.70. The van der Waals surface area contributed by atoms with Crippen LogP contribution in [-0.2, 0) is 11.2 Å². The molecule has 0 unspecified atom stereocenters. The molecule has 8 nitrogen and oxygen atoms in total. The van der Waals surface area contributed by atoms with Crippen molar-refractivity contribution in [1.29, 1.82) is 0 Å². The first-order chi connectivity index (χ1) is 12.4. The molecule has 1 amide bonds. The van der Waals surface area contributed by atoms with Crippen molar-refractivity contribution in [2.75, 3.05) is 24.5 Å². The van der Waals surface area contributed by atoms with Crippen LogP contribution >= 0.6 is 0 Å². The van der Waals surface area contributed by atoms with Crippen molar-refractivity contribution in [3.63, 3.8) is 0 Å². The van der Waals surface area contributed by atoms with Gasteiger partial charge < -0.3 is 14.5 Å². The fourth-order valence-corrected chi connectivity index (χ4v) is 3.63. The maximum absolute atomic E-state index is 12.4. The molecule has 0 spiro atoms. The lowest BCUT2D eigenvalue weighted by atomic mass is 10.2. The van der Waals surface area contributed by atoms with Crippen LogP contribution in [0.5, 0.6) is 0 Å². The summed E-state index contributed by atoms with van der Waals surface area (Å²) in [7, 11) is 0. The number of carbonyl (C=O) groups excluding carboxylic acids is 1. The maximum Gasteiger partial charge on any atom is 0.410 e. The third kappa shape index (κ3) is 4.19. The Morgan fingerprint density at radius 3 is 2.85 bits per heavy atom. The molecule has 140 valence electrons. The first-order valence-electron chi connectivity index (χ1n) is 9.10. The molecule has 0 saturated carbocycles. The molecule has 2 bridgehead atoms. The van der Waals surface area contributed by atoms with Crippen LogP contribution in [0.3, 0.4) is 0 Å². The van der Waals surface area contributed by atoms with Crippen molar-refractivity contribution in [3.05, 3.63) is 34.3 Å². The van der Waals surface area contributed by atoms with Gasteiger partial charge in [-0.15, -0.1) is 0 Å². The molecule has 0 radical (unpaired) electrons. The summed E-state index contributed by atoms with van der Waals surface area (Å²) in [5, 5.41) is 3.56. The second-order valence-corrected chi connectivity index (χ2v) is 7.87. The number of amides is 1. The van der Waals surface area contributed by atoms with Gasteiger partial charge in [0.25, 0.3) is 0 Å². The zero-order valence-electron chi connectivity index (χ0n) is 15.6. The molecule has 8 heteroatoms. The minimum absolute atomic E-state index is 0.185. The monoisotopic (exact) mass is 358 g/mol. The molecule has 2 aliphatic heterocycles. The largest absolute Gasteiger partial charge is 0.444 e. The second kappa shape index (κ2) is 7.41. The average molecular weight is 358 g/mol. The topological polar surface area (TPSA) is 94.4 Å². The van der Waals surface area contributed by atoms with Crippen LogP contribution in [0.2, 0.25) is 0 Å². The summed E-state index contributed by atoms with van der Waals surface area (Å²) in [5.41, 5.74) is 8.87. The molecule has 26 heavy (non-hydrogen) atoms. The zero-order chi connectivity index (χ0) is 18.7. The van der Waals surface area contributed by atoms with E-state index in [2.05, 4.69) is 14.9 Å². The summed E-state index contributed by atoms with van der Waals surface area (Å²) >= 11 is 0. The highest BCUT2D eigenvalue weighted by Crippen LogP contribution is 2.34. The summed E-state index contributed by atoms with van der Waals surface area (Å²) < 4.78 is 5.52. The van der Waals surface area contributed by atoms with Gasteiger partial charge >= 0.3 is 6.09 Å². The van der Waals surface area contributed by atoms with E-state index >= 15 is 0 Å². The van der Waals surface area contributed by atoms with Gasteiger partial charge in [-0.2, -0.15) is 0 Å². The van der Waals surface area contributed by atoms with Crippen molar-refractivity contribution in [2.45, 2.75) is 57.7 Å². The van der Waals surface area contributed by atoms with Crippen molar-refractivity contribution < 1.29 is 9.53 Å². The Morgan fingerprint density at radius 1 is 1.38 bits per heavy atom. The van der Waals surface area contributed by atoms with E-state index in [0.717, 1.165) is 37.3 Å². The number of azide groups is 1. The van der Waals surface area contributed by atoms with Crippen LogP contribution in [0, 0.1) is 0 Å². The molecule has 1 aromatic heterocycles. The van der Waals surface area contributed by atoms with Gasteiger partial charge in [-0.05, 0) is 57.7 Å². The standard InChI is InChI=1S/C18H26N6O2/c1-18(2,3)26-17(25)24-12-14-10-15(24)11-23(14)16-8-4-6-13(21-16)7-5-9-20-22-19/h4,6,8,14-15H,5,7,9-12H2,1-3H3/t14-,15-/m1/s1. The summed E-state index contributed by atoms with van der Waals surface area (Å²) in [5.74, 6) is 0.961. The van der Waals surface area contributed by atoms with Gasteiger partial charge in [0.2, 0.25) is 0 Å². The third-order valence-corrected chi connectivity index (χ3v) is 4.71. The number of fused-ring (bicyclic) bond motifs is 2. The summed E-state index contributed by atoms with van der Waals surface area (Å²) in [4.78, 5) is 24.0. The lowest BCUT2D eigenvalue weighted by Gasteiger charge is -2.35. The molecule has 2 saturated heterocycles. The summed E-state index contributed by atoms with van der Waals surface area (Å²) in [6.45, 7) is 7.64. The smallest absolute Gasteiger partial charge is 0.410 e. The Bertz CT molecular complexity index is 710. The molecule has 3 rings (SSSR count). The van der Waals surface area contributed by atoms with E-state index in [9.17, 15) is 4.79 Å². The predicted molar refractivity (Wildman–Crippen MR) is 99.1 cm³/mol. The summed E-state index contributed by atoms with van der Waals surface area (Å²) in [6.07, 6.45) is 2.32. The quantitative estimate of drug-likeness (QED) is 0.348. The Hall–Kier alpha value is -2.47. The number of likely N-dealkylation sites (tertiary alicyclic amines) is 1. The van der Waals surface area contributed by atoms with Gasteiger partial charge in [-0.3, -0.25) is 0 Å². The number of aromatic nitrogens is 1. The minimum Gasteiger partial charge on any atom is -0.444 e. The molecule has 2 aliphatic rings. The number of hydrogen-bond acceptors (Lipinski definition) is 5. The SMILES string of the molecule is CC(C)(C)OC(=O)N1C[C@H]2C[C@@H]1CN2c1cccc(CCCN=[N+]=[N-])n1. The Balaban J connectivity index is 1.60. The highest BCUT2D eigenvalue weighted by Gasteiger charge is 2.46. The Labute approximate surface area is 153 Å². The van der Waals surface area contributed by atoms with E-state index in [0.29, 0.717) is 19.1 Å². The predicted octanol–water partition coefficient (Wildman–Crippen LogP) is 3.52. The van der Waals surface area contributed by atoms with Crippen LogP contribution < -0.4 is 4.90 Å². The van der Waals surface area contributed by atoms with Crippen LogP contribution in [0.1, 0.15) is 39.3 Å². The molecule has 1 aromatic rings. The lowest BCUT2D eigenvalue weighted by Crippen LogP contribution is -2.50. The molecule has 0 aromatic carbocycles. The van der Waals surface area contributed by atoms with E-state index in [4.69, 9.17) is 15.3 Å². The van der Waals surface area contributed by atoms with Crippen molar-refractivity contribution in [3.8, 4) is 0 Å². The van der Waals surface area contributed by atoms with Gasteiger partial charge in [-0.1, -0.05) is 11.2 Å². The molecular formula is C18H26N6O2. The van der Waals surface area contributed by atoms with E-state index in [-0.39, 0.29) is 12.1 Å². The molecule has 0 N–H and O–H groups in total. The fourth-order valence-electron chi connectivity index (χ4n) is 3.63. The van der Waals surface area contributed by atoms with E-state index in [1.54, 1.807) is 0 Å². The first-order valence-corrected chi connectivity index (χ1v) is 9.10. The van der Waals surface area contributed by atoms with E-state index < -0.39 is 5.60 Å². The number of aryl methyl sites for hydroxylation is 1. The average Bonchev–Trinajstić information content (AvgIpc) is 3.18. The zero-order valence-corrected chi connectivity index (χ0v) is 15.6. The molecule has 0 aliphatic carbocycles. The lowest BCUT2D eigenvalue weighted by molar-refractivity contribution is 0.0214. The number of carbonyl (C=O) groups is 1.